The molecule has 0 aliphatic rings. The molecule has 0 amide bonds. The Morgan fingerprint density at radius 1 is 1.00 bits per heavy atom. The molecule has 22 heavy (non-hydrogen) atoms. The molecule has 0 saturated heterocycles. The molecule has 0 saturated carbocycles. The molecule has 0 bridgehead atoms. The van der Waals surface area contributed by atoms with E-state index in [4.69, 9.17) is 4.74 Å². The number of benzene rings is 2. The van der Waals surface area contributed by atoms with Crippen molar-refractivity contribution in [1.29, 1.82) is 0 Å². The standard InChI is InChI=1S/C19H23NO2/c1-22-15-18(20-14-17-10-6-3-7-11-17)19(21)13-12-16-8-4-2-5-9-16/h2-11,18,20H,12-15H2,1H3. The molecule has 0 heterocycles. The van der Waals surface area contributed by atoms with E-state index in [1.807, 2.05) is 48.5 Å². The molecule has 1 atom stereocenters. The Morgan fingerprint density at radius 3 is 2.18 bits per heavy atom. The third-order valence-electron chi connectivity index (χ3n) is 3.62. The second-order valence-electron chi connectivity index (χ2n) is 5.33. The van der Waals surface area contributed by atoms with Gasteiger partial charge >= 0.3 is 0 Å². The number of ketones is 1. The van der Waals surface area contributed by atoms with Crippen molar-refractivity contribution in [2.24, 2.45) is 0 Å². The van der Waals surface area contributed by atoms with Crippen molar-refractivity contribution in [3.63, 3.8) is 0 Å². The first kappa shape index (κ1) is 16.4. The molecule has 1 N–H and O–H groups in total. The van der Waals surface area contributed by atoms with Crippen LogP contribution in [0.15, 0.2) is 60.7 Å². The van der Waals surface area contributed by atoms with Crippen LogP contribution in [0.2, 0.25) is 0 Å². The predicted molar refractivity (Wildman–Crippen MR) is 88.7 cm³/mol. The third kappa shape index (κ3) is 5.43. The van der Waals surface area contributed by atoms with Crippen molar-refractivity contribution in [3.05, 3.63) is 71.8 Å². The molecular weight excluding hydrogens is 274 g/mol. The van der Waals surface area contributed by atoms with Crippen LogP contribution >= 0.6 is 0 Å². The number of carbonyl (C=O) groups is 1. The van der Waals surface area contributed by atoms with Gasteiger partial charge in [0.1, 0.15) is 0 Å². The van der Waals surface area contributed by atoms with Crippen LogP contribution in [0.1, 0.15) is 17.5 Å². The van der Waals surface area contributed by atoms with Crippen LogP contribution in [0.25, 0.3) is 0 Å². The number of carbonyl (C=O) groups excluding carboxylic acids is 1. The maximum atomic E-state index is 12.4. The fourth-order valence-electron chi connectivity index (χ4n) is 2.36. The van der Waals surface area contributed by atoms with Crippen LogP contribution in [0, 0.1) is 0 Å². The highest BCUT2D eigenvalue weighted by molar-refractivity contribution is 5.84. The number of ether oxygens (including phenoxy) is 1. The Hall–Kier alpha value is -1.97. The third-order valence-corrected chi connectivity index (χ3v) is 3.62. The molecule has 3 nitrogen and oxygen atoms in total. The van der Waals surface area contributed by atoms with Gasteiger partial charge in [0, 0.05) is 20.1 Å². The van der Waals surface area contributed by atoms with Gasteiger partial charge in [-0.15, -0.1) is 0 Å². The quantitative estimate of drug-likeness (QED) is 0.773. The highest BCUT2D eigenvalue weighted by Gasteiger charge is 2.17. The predicted octanol–water partition coefficient (Wildman–Crippen LogP) is 2.99. The van der Waals surface area contributed by atoms with Gasteiger partial charge in [-0.3, -0.25) is 4.79 Å². The van der Waals surface area contributed by atoms with Crippen LogP contribution in [0.3, 0.4) is 0 Å². The molecule has 0 aliphatic heterocycles. The van der Waals surface area contributed by atoms with Gasteiger partial charge in [0.05, 0.1) is 12.6 Å². The molecule has 0 radical (unpaired) electrons. The van der Waals surface area contributed by atoms with E-state index in [2.05, 4.69) is 17.4 Å². The second kappa shape index (κ2) is 9.13. The average Bonchev–Trinajstić information content (AvgIpc) is 2.58. The minimum absolute atomic E-state index is 0.196. The normalized spacial score (nSPS) is 12.0. The number of Topliss-reactive ketones (excluding diaryl/α,β-unsaturated/α-hetero) is 1. The molecule has 2 aromatic carbocycles. The lowest BCUT2D eigenvalue weighted by atomic mass is 10.0. The van der Waals surface area contributed by atoms with Crippen molar-refractivity contribution >= 4 is 5.78 Å². The Labute approximate surface area is 132 Å². The summed E-state index contributed by atoms with van der Waals surface area (Å²) in [4.78, 5) is 12.4. The highest BCUT2D eigenvalue weighted by atomic mass is 16.5. The number of rotatable bonds is 9. The monoisotopic (exact) mass is 297 g/mol. The van der Waals surface area contributed by atoms with E-state index in [1.165, 1.54) is 11.1 Å². The summed E-state index contributed by atoms with van der Waals surface area (Å²) in [7, 11) is 1.63. The first-order valence-electron chi connectivity index (χ1n) is 7.62. The molecule has 2 rings (SSSR count). The van der Waals surface area contributed by atoms with E-state index in [1.54, 1.807) is 7.11 Å². The number of aryl methyl sites for hydroxylation is 1. The lowest BCUT2D eigenvalue weighted by molar-refractivity contribution is -0.122. The molecule has 0 aromatic heterocycles. The topological polar surface area (TPSA) is 38.3 Å². The first-order valence-corrected chi connectivity index (χ1v) is 7.62. The number of nitrogens with one attached hydrogen (secondary N) is 1. The summed E-state index contributed by atoms with van der Waals surface area (Å²) in [6.45, 7) is 1.08. The Kier molecular flexibility index (Phi) is 6.81. The van der Waals surface area contributed by atoms with Gasteiger partial charge < -0.3 is 10.1 Å². The molecule has 1 unspecified atom stereocenters. The van der Waals surface area contributed by atoms with Gasteiger partial charge in [-0.05, 0) is 17.5 Å². The van der Waals surface area contributed by atoms with Gasteiger partial charge in [0.25, 0.3) is 0 Å². The summed E-state index contributed by atoms with van der Waals surface area (Å²) < 4.78 is 5.18. The lowest BCUT2D eigenvalue weighted by Gasteiger charge is -2.17. The Morgan fingerprint density at radius 2 is 1.59 bits per heavy atom. The fourth-order valence-corrected chi connectivity index (χ4v) is 2.36. The summed E-state index contributed by atoms with van der Waals surface area (Å²) in [5.74, 6) is 0.196. The van der Waals surface area contributed by atoms with E-state index in [0.29, 0.717) is 19.6 Å². The van der Waals surface area contributed by atoms with Crippen LogP contribution in [-0.4, -0.2) is 25.5 Å². The van der Waals surface area contributed by atoms with Crippen LogP contribution in [0.5, 0.6) is 0 Å². The molecule has 2 aromatic rings. The van der Waals surface area contributed by atoms with E-state index in [0.717, 1.165) is 6.42 Å². The molecule has 0 spiro atoms. The number of methoxy groups -OCH3 is 1. The fraction of sp³-hybridized carbons (Fsp3) is 0.316. The number of hydrogen-bond donors (Lipinski definition) is 1. The van der Waals surface area contributed by atoms with Crippen LogP contribution < -0.4 is 5.32 Å². The van der Waals surface area contributed by atoms with E-state index < -0.39 is 0 Å². The highest BCUT2D eigenvalue weighted by Crippen LogP contribution is 2.06. The SMILES string of the molecule is COCC(NCc1ccccc1)C(=O)CCc1ccccc1. The van der Waals surface area contributed by atoms with Crippen molar-refractivity contribution in [2.45, 2.75) is 25.4 Å². The minimum Gasteiger partial charge on any atom is -0.383 e. The maximum Gasteiger partial charge on any atom is 0.152 e. The zero-order valence-corrected chi connectivity index (χ0v) is 13.0. The summed E-state index contributed by atoms with van der Waals surface area (Å²) >= 11 is 0. The van der Waals surface area contributed by atoms with Crippen LogP contribution in [-0.2, 0) is 22.5 Å². The minimum atomic E-state index is -0.256. The lowest BCUT2D eigenvalue weighted by Crippen LogP contribution is -2.40. The summed E-state index contributed by atoms with van der Waals surface area (Å²) in [6, 6.07) is 19.9. The van der Waals surface area contributed by atoms with Gasteiger partial charge in [-0.2, -0.15) is 0 Å². The summed E-state index contributed by atoms with van der Waals surface area (Å²) in [6.07, 6.45) is 1.30. The van der Waals surface area contributed by atoms with E-state index in [-0.39, 0.29) is 11.8 Å². The smallest absolute Gasteiger partial charge is 0.152 e. The molecular formula is C19H23NO2. The molecule has 0 aliphatic carbocycles. The average molecular weight is 297 g/mol. The summed E-state index contributed by atoms with van der Waals surface area (Å²) in [5, 5.41) is 3.30. The molecule has 116 valence electrons. The van der Waals surface area contributed by atoms with Crippen molar-refractivity contribution < 1.29 is 9.53 Å². The maximum absolute atomic E-state index is 12.4. The zero-order valence-electron chi connectivity index (χ0n) is 13.0. The Bertz CT molecular complexity index is 554. The number of hydrogen-bond acceptors (Lipinski definition) is 3. The van der Waals surface area contributed by atoms with E-state index in [9.17, 15) is 4.79 Å². The molecule has 3 heteroatoms. The van der Waals surface area contributed by atoms with E-state index >= 15 is 0 Å². The second-order valence-corrected chi connectivity index (χ2v) is 5.33. The van der Waals surface area contributed by atoms with Crippen LogP contribution in [0.4, 0.5) is 0 Å². The van der Waals surface area contributed by atoms with Gasteiger partial charge in [-0.1, -0.05) is 60.7 Å². The van der Waals surface area contributed by atoms with Crippen molar-refractivity contribution in [1.82, 2.24) is 5.32 Å². The zero-order chi connectivity index (χ0) is 15.6. The largest absolute Gasteiger partial charge is 0.383 e. The van der Waals surface area contributed by atoms with Crippen molar-refractivity contribution in [2.75, 3.05) is 13.7 Å². The Balaban J connectivity index is 1.85. The molecule has 0 fully saturated rings. The van der Waals surface area contributed by atoms with Gasteiger partial charge in [0.2, 0.25) is 0 Å². The first-order chi connectivity index (χ1) is 10.8. The van der Waals surface area contributed by atoms with Gasteiger partial charge in [-0.25, -0.2) is 0 Å². The van der Waals surface area contributed by atoms with Crippen molar-refractivity contribution in [3.8, 4) is 0 Å². The summed E-state index contributed by atoms with van der Waals surface area (Å²) in [5.41, 5.74) is 2.36. The van der Waals surface area contributed by atoms with Gasteiger partial charge in [0.15, 0.2) is 5.78 Å².